The first kappa shape index (κ1) is 17.2. The fourth-order valence-corrected chi connectivity index (χ4v) is 2.48. The van der Waals surface area contributed by atoms with Crippen molar-refractivity contribution in [3.8, 4) is 5.75 Å². The van der Waals surface area contributed by atoms with Crippen LogP contribution < -0.4 is 10.1 Å². The van der Waals surface area contributed by atoms with E-state index in [9.17, 15) is 20.1 Å². The van der Waals surface area contributed by atoms with Crippen molar-refractivity contribution in [1.29, 1.82) is 0 Å². The summed E-state index contributed by atoms with van der Waals surface area (Å²) in [4.78, 5) is 11.3. The minimum atomic E-state index is -1.33. The van der Waals surface area contributed by atoms with Gasteiger partial charge >= 0.3 is 0 Å². The Kier molecular flexibility index (Phi) is 5.76. The first-order chi connectivity index (χ1) is 10.4. The Morgan fingerprint density at radius 2 is 1.95 bits per heavy atom. The summed E-state index contributed by atoms with van der Waals surface area (Å²) in [6.45, 7) is 0.805. The first-order valence-electron chi connectivity index (χ1n) is 6.74. The van der Waals surface area contributed by atoms with Crippen LogP contribution in [0.15, 0.2) is 28.7 Å². The summed E-state index contributed by atoms with van der Waals surface area (Å²) in [5, 5.41) is 31.8. The number of ether oxygens (including phenoxy) is 2. The first-order valence-corrected chi connectivity index (χ1v) is 7.53. The molecule has 0 unspecified atom stereocenters. The Morgan fingerprint density at radius 1 is 1.32 bits per heavy atom. The maximum atomic E-state index is 11.3. The van der Waals surface area contributed by atoms with Gasteiger partial charge in [-0.25, -0.2) is 0 Å². The van der Waals surface area contributed by atoms with Gasteiger partial charge in [0.1, 0.15) is 30.1 Å². The number of benzene rings is 1. The number of aliphatic hydroxyl groups is 3. The molecular weight excluding hydrogens is 358 g/mol. The molecule has 0 aliphatic carbocycles. The average molecular weight is 376 g/mol. The monoisotopic (exact) mass is 375 g/mol. The van der Waals surface area contributed by atoms with Gasteiger partial charge in [0.05, 0.1) is 6.61 Å². The van der Waals surface area contributed by atoms with Crippen LogP contribution in [-0.2, 0) is 9.53 Å². The number of amides is 1. The molecule has 8 heteroatoms. The molecule has 1 aliphatic heterocycles. The quantitative estimate of drug-likeness (QED) is 0.578. The van der Waals surface area contributed by atoms with Crippen LogP contribution in [-0.4, -0.2) is 58.5 Å². The molecule has 0 bridgehead atoms. The van der Waals surface area contributed by atoms with Gasteiger partial charge in [-0.05, 0) is 24.3 Å². The number of rotatable bonds is 4. The van der Waals surface area contributed by atoms with E-state index in [1.165, 1.54) is 6.92 Å². The van der Waals surface area contributed by atoms with Crippen molar-refractivity contribution in [3.63, 3.8) is 0 Å². The summed E-state index contributed by atoms with van der Waals surface area (Å²) in [5.74, 6) is 0.0653. The van der Waals surface area contributed by atoms with Crippen molar-refractivity contribution < 1.29 is 29.6 Å². The lowest BCUT2D eigenvalue weighted by atomic mass is 9.97. The zero-order valence-electron chi connectivity index (χ0n) is 11.8. The zero-order chi connectivity index (χ0) is 16.3. The SMILES string of the molecule is CC(=O)N[C@@H]1[C@H](Oc2ccc(Br)cc2)O[C@H](CO)[C@@H](O)[C@H]1O. The molecule has 5 atom stereocenters. The van der Waals surface area contributed by atoms with Gasteiger partial charge in [0.2, 0.25) is 12.2 Å². The molecule has 1 saturated heterocycles. The second-order valence-corrected chi connectivity index (χ2v) is 5.92. The number of hydrogen-bond acceptors (Lipinski definition) is 6. The molecule has 1 heterocycles. The van der Waals surface area contributed by atoms with Crippen molar-refractivity contribution in [2.75, 3.05) is 6.61 Å². The Hall–Kier alpha value is -1.19. The molecule has 1 fully saturated rings. The van der Waals surface area contributed by atoms with E-state index in [1.54, 1.807) is 24.3 Å². The highest BCUT2D eigenvalue weighted by atomic mass is 79.9. The molecular formula is C14H18BrNO6. The van der Waals surface area contributed by atoms with Crippen LogP contribution in [0.5, 0.6) is 5.75 Å². The molecule has 0 spiro atoms. The standard InChI is InChI=1S/C14H18BrNO6/c1-7(18)16-11-13(20)12(19)10(6-17)22-14(11)21-9-4-2-8(15)3-5-9/h2-5,10-14,17,19-20H,6H2,1H3,(H,16,18)/t10-,11+,12-,13+,14-/m1/s1. The van der Waals surface area contributed by atoms with E-state index in [0.29, 0.717) is 5.75 Å². The summed E-state index contributed by atoms with van der Waals surface area (Å²) in [7, 11) is 0. The van der Waals surface area contributed by atoms with Crippen LogP contribution in [0.25, 0.3) is 0 Å². The maximum Gasteiger partial charge on any atom is 0.223 e. The van der Waals surface area contributed by atoms with Crippen LogP contribution >= 0.6 is 15.9 Å². The topological polar surface area (TPSA) is 108 Å². The average Bonchev–Trinajstić information content (AvgIpc) is 2.48. The summed E-state index contributed by atoms with van der Waals surface area (Å²) in [5.41, 5.74) is 0. The van der Waals surface area contributed by atoms with Crippen LogP contribution in [0.3, 0.4) is 0 Å². The van der Waals surface area contributed by atoms with Crippen LogP contribution in [0.4, 0.5) is 0 Å². The van der Waals surface area contributed by atoms with E-state index in [0.717, 1.165) is 4.47 Å². The lowest BCUT2D eigenvalue weighted by Crippen LogP contribution is -2.65. The van der Waals surface area contributed by atoms with E-state index in [-0.39, 0.29) is 0 Å². The lowest BCUT2D eigenvalue weighted by Gasteiger charge is -2.42. The third-order valence-corrected chi connectivity index (χ3v) is 3.85. The van der Waals surface area contributed by atoms with Crippen molar-refractivity contribution >= 4 is 21.8 Å². The van der Waals surface area contributed by atoms with Gasteiger partial charge in [-0.1, -0.05) is 15.9 Å². The number of nitrogens with one attached hydrogen (secondary N) is 1. The van der Waals surface area contributed by atoms with Crippen molar-refractivity contribution in [2.45, 2.75) is 37.6 Å². The molecule has 1 aromatic carbocycles. The minimum Gasteiger partial charge on any atom is -0.463 e. The van der Waals surface area contributed by atoms with Gasteiger partial charge in [0, 0.05) is 11.4 Å². The third kappa shape index (κ3) is 3.96. The highest BCUT2D eigenvalue weighted by Crippen LogP contribution is 2.25. The Labute approximate surface area is 136 Å². The Morgan fingerprint density at radius 3 is 2.50 bits per heavy atom. The summed E-state index contributed by atoms with van der Waals surface area (Å²) in [6.07, 6.45) is -4.69. The lowest BCUT2D eigenvalue weighted by molar-refractivity contribution is -0.244. The van der Waals surface area contributed by atoms with E-state index in [1.807, 2.05) is 0 Å². The van der Waals surface area contributed by atoms with Gasteiger partial charge in [0.15, 0.2) is 0 Å². The highest BCUT2D eigenvalue weighted by molar-refractivity contribution is 9.10. The normalized spacial score (nSPS) is 31.6. The summed E-state index contributed by atoms with van der Waals surface area (Å²) in [6, 6.07) is 5.94. The van der Waals surface area contributed by atoms with E-state index in [4.69, 9.17) is 9.47 Å². The molecule has 0 saturated carbocycles. The van der Waals surface area contributed by atoms with Gasteiger partial charge in [0.25, 0.3) is 0 Å². The highest BCUT2D eigenvalue weighted by Gasteiger charge is 2.46. The molecule has 22 heavy (non-hydrogen) atoms. The van der Waals surface area contributed by atoms with E-state index in [2.05, 4.69) is 21.2 Å². The molecule has 0 aromatic heterocycles. The van der Waals surface area contributed by atoms with E-state index >= 15 is 0 Å². The fraction of sp³-hybridized carbons (Fsp3) is 0.500. The van der Waals surface area contributed by atoms with Crippen molar-refractivity contribution in [3.05, 3.63) is 28.7 Å². The molecule has 2 rings (SSSR count). The third-order valence-electron chi connectivity index (χ3n) is 3.32. The van der Waals surface area contributed by atoms with Crippen LogP contribution in [0, 0.1) is 0 Å². The second kappa shape index (κ2) is 7.38. The summed E-state index contributed by atoms with van der Waals surface area (Å²) < 4.78 is 12.0. The smallest absolute Gasteiger partial charge is 0.223 e. The maximum absolute atomic E-state index is 11.3. The molecule has 7 nitrogen and oxygen atoms in total. The van der Waals surface area contributed by atoms with Crippen molar-refractivity contribution in [2.24, 2.45) is 0 Å². The predicted octanol–water partition coefficient (Wildman–Crippen LogP) is -0.228. The number of carbonyl (C=O) groups excluding carboxylic acids is 1. The van der Waals surface area contributed by atoms with Gasteiger partial charge < -0.3 is 30.1 Å². The Balaban J connectivity index is 2.18. The predicted molar refractivity (Wildman–Crippen MR) is 80.1 cm³/mol. The second-order valence-electron chi connectivity index (χ2n) is 5.00. The Bertz CT molecular complexity index is 511. The molecule has 1 amide bonds. The molecule has 1 aromatic rings. The summed E-state index contributed by atoms with van der Waals surface area (Å²) >= 11 is 3.30. The molecule has 4 N–H and O–H groups in total. The van der Waals surface area contributed by atoms with Crippen LogP contribution in [0.1, 0.15) is 6.92 Å². The van der Waals surface area contributed by atoms with Gasteiger partial charge in [-0.15, -0.1) is 0 Å². The number of carbonyl (C=O) groups is 1. The fourth-order valence-electron chi connectivity index (χ4n) is 2.22. The minimum absolute atomic E-state index is 0.397. The molecule has 1 aliphatic rings. The molecule has 122 valence electrons. The molecule has 0 radical (unpaired) electrons. The van der Waals surface area contributed by atoms with Crippen LogP contribution in [0.2, 0.25) is 0 Å². The largest absolute Gasteiger partial charge is 0.463 e. The zero-order valence-corrected chi connectivity index (χ0v) is 13.4. The van der Waals surface area contributed by atoms with Crippen molar-refractivity contribution in [1.82, 2.24) is 5.32 Å². The number of aliphatic hydroxyl groups excluding tert-OH is 3. The number of hydrogen-bond donors (Lipinski definition) is 4. The van der Waals surface area contributed by atoms with Gasteiger partial charge in [-0.3, -0.25) is 4.79 Å². The number of halogens is 1. The van der Waals surface area contributed by atoms with Gasteiger partial charge in [-0.2, -0.15) is 0 Å². The van der Waals surface area contributed by atoms with E-state index < -0.39 is 43.2 Å².